The van der Waals surface area contributed by atoms with Crippen LogP contribution in [0.15, 0.2) is 61.2 Å². The van der Waals surface area contributed by atoms with Crippen molar-refractivity contribution in [3.05, 3.63) is 75.9 Å². The lowest BCUT2D eigenvalue weighted by atomic mass is 9.78. The third-order valence-corrected chi connectivity index (χ3v) is 6.46. The fourth-order valence-corrected chi connectivity index (χ4v) is 4.01. The van der Waals surface area contributed by atoms with E-state index in [1.54, 1.807) is 12.5 Å². The van der Waals surface area contributed by atoms with E-state index in [9.17, 15) is 10.2 Å². The molecule has 2 N–H and O–H groups in total. The van der Waals surface area contributed by atoms with E-state index in [1.807, 2.05) is 47.2 Å². The van der Waals surface area contributed by atoms with Crippen LogP contribution in [-0.2, 0) is 12.0 Å². The second kappa shape index (κ2) is 11.4. The van der Waals surface area contributed by atoms with E-state index in [4.69, 9.17) is 21.1 Å². The highest BCUT2D eigenvalue weighted by atomic mass is 127. The number of halogens is 2. The normalized spacial score (nSPS) is 13.6. The summed E-state index contributed by atoms with van der Waals surface area (Å²) in [6.07, 6.45) is 3.86. The highest BCUT2D eigenvalue weighted by Gasteiger charge is 2.24. The summed E-state index contributed by atoms with van der Waals surface area (Å²) < 4.78 is 14.2. The number of imidazole rings is 1. The minimum Gasteiger partial charge on any atom is -0.491 e. The van der Waals surface area contributed by atoms with Crippen LogP contribution in [0.5, 0.6) is 11.5 Å². The van der Waals surface area contributed by atoms with Gasteiger partial charge in [0.15, 0.2) is 0 Å². The van der Waals surface area contributed by atoms with Crippen LogP contribution in [0.4, 0.5) is 0 Å². The second-order valence-corrected chi connectivity index (χ2v) is 9.61. The summed E-state index contributed by atoms with van der Waals surface area (Å²) in [5.74, 6) is 1.59. The average Bonchev–Trinajstić information content (AvgIpc) is 3.29. The molecule has 6 nitrogen and oxygen atoms in total. The van der Waals surface area contributed by atoms with Crippen LogP contribution >= 0.6 is 34.2 Å². The molecule has 8 heteroatoms. The summed E-state index contributed by atoms with van der Waals surface area (Å²) in [7, 11) is 0. The Hall–Kier alpha value is -1.81. The van der Waals surface area contributed by atoms with Gasteiger partial charge in [-0.3, -0.25) is 0 Å². The minimum absolute atomic E-state index is 0.144. The Balaban J connectivity index is 1.62. The van der Waals surface area contributed by atoms with Gasteiger partial charge in [-0.05, 0) is 58.0 Å². The van der Waals surface area contributed by atoms with Gasteiger partial charge in [0.25, 0.3) is 0 Å². The van der Waals surface area contributed by atoms with Crippen molar-refractivity contribution in [3.63, 3.8) is 0 Å². The zero-order valence-electron chi connectivity index (χ0n) is 18.1. The molecule has 0 aliphatic carbocycles. The lowest BCUT2D eigenvalue weighted by Crippen LogP contribution is -2.23. The van der Waals surface area contributed by atoms with Crippen LogP contribution in [0.3, 0.4) is 0 Å². The van der Waals surface area contributed by atoms with Gasteiger partial charge in [0, 0.05) is 17.8 Å². The van der Waals surface area contributed by atoms with Crippen molar-refractivity contribution in [2.75, 3.05) is 19.1 Å². The van der Waals surface area contributed by atoms with Crippen molar-refractivity contribution >= 4 is 34.2 Å². The molecule has 172 valence electrons. The van der Waals surface area contributed by atoms with Crippen LogP contribution in [0.1, 0.15) is 25.0 Å². The molecule has 1 heterocycles. The number of aromatic nitrogens is 2. The topological polar surface area (TPSA) is 76.7 Å². The van der Waals surface area contributed by atoms with Gasteiger partial charge >= 0.3 is 0 Å². The van der Waals surface area contributed by atoms with Crippen LogP contribution in [0.2, 0.25) is 0 Å². The van der Waals surface area contributed by atoms with Gasteiger partial charge in [-0.2, -0.15) is 0 Å². The molecule has 0 saturated heterocycles. The first-order chi connectivity index (χ1) is 15.3. The Morgan fingerprint density at radius 3 is 2.34 bits per heavy atom. The Kier molecular flexibility index (Phi) is 8.81. The Morgan fingerprint density at radius 1 is 1.03 bits per heavy atom. The predicted octanol–water partition coefficient (Wildman–Crippen LogP) is 4.23. The molecule has 3 rings (SSSR count). The first-order valence-electron chi connectivity index (χ1n) is 10.3. The number of hydrogen-bond donors (Lipinski definition) is 2. The first-order valence-corrected chi connectivity index (χ1v) is 11.9. The van der Waals surface area contributed by atoms with Crippen molar-refractivity contribution in [2.45, 2.75) is 38.0 Å². The van der Waals surface area contributed by atoms with Crippen LogP contribution in [-0.4, -0.2) is 51.1 Å². The maximum Gasteiger partial charge on any atom is 0.132 e. The largest absolute Gasteiger partial charge is 0.491 e. The van der Waals surface area contributed by atoms with Crippen LogP contribution in [0.25, 0.3) is 0 Å². The van der Waals surface area contributed by atoms with Crippen molar-refractivity contribution in [2.24, 2.45) is 0 Å². The fourth-order valence-electron chi connectivity index (χ4n) is 3.25. The molecule has 0 spiro atoms. The van der Waals surface area contributed by atoms with E-state index < -0.39 is 12.2 Å². The number of benzene rings is 2. The van der Waals surface area contributed by atoms with E-state index in [1.165, 1.54) is 0 Å². The molecule has 0 fully saturated rings. The molecule has 2 aromatic carbocycles. The summed E-state index contributed by atoms with van der Waals surface area (Å²) in [6.45, 7) is 5.15. The number of rotatable bonds is 11. The zero-order chi connectivity index (χ0) is 23.1. The molecule has 0 saturated carbocycles. The number of hydrogen-bond acceptors (Lipinski definition) is 5. The SMILES string of the molecule is CC(C)(c1ccc(OC[C@H](O)Cn2ccnc2)cc1)c1ccc(OC[C@H](O)CCl)c(I)c1. The van der Waals surface area contributed by atoms with Gasteiger partial charge in [0.1, 0.15) is 36.9 Å². The highest BCUT2D eigenvalue weighted by molar-refractivity contribution is 14.1. The van der Waals surface area contributed by atoms with Gasteiger partial charge in [-0.1, -0.05) is 32.0 Å². The van der Waals surface area contributed by atoms with E-state index in [0.717, 1.165) is 20.4 Å². The number of ether oxygens (including phenoxy) is 2. The van der Waals surface area contributed by atoms with Gasteiger partial charge in [-0.25, -0.2) is 4.98 Å². The van der Waals surface area contributed by atoms with E-state index in [-0.39, 0.29) is 24.5 Å². The molecule has 1 aromatic heterocycles. The molecule has 2 atom stereocenters. The molecule has 0 bridgehead atoms. The van der Waals surface area contributed by atoms with Crippen molar-refractivity contribution in [1.29, 1.82) is 0 Å². The summed E-state index contributed by atoms with van der Waals surface area (Å²) in [5, 5.41) is 19.7. The number of aliphatic hydroxyl groups excluding tert-OH is 2. The molecule has 0 radical (unpaired) electrons. The molecule has 3 aromatic rings. The van der Waals surface area contributed by atoms with Gasteiger partial charge < -0.3 is 24.3 Å². The fraction of sp³-hybridized carbons (Fsp3) is 0.375. The summed E-state index contributed by atoms with van der Waals surface area (Å²) >= 11 is 7.87. The predicted molar refractivity (Wildman–Crippen MR) is 134 cm³/mol. The van der Waals surface area contributed by atoms with Crippen molar-refractivity contribution < 1.29 is 19.7 Å². The van der Waals surface area contributed by atoms with E-state index in [0.29, 0.717) is 12.3 Å². The maximum absolute atomic E-state index is 10.1. The smallest absolute Gasteiger partial charge is 0.132 e. The lowest BCUT2D eigenvalue weighted by molar-refractivity contribution is 0.0924. The molecule has 32 heavy (non-hydrogen) atoms. The minimum atomic E-state index is -0.684. The lowest BCUT2D eigenvalue weighted by Gasteiger charge is -2.27. The molecular formula is C24H28ClIN2O4. The Labute approximate surface area is 207 Å². The number of alkyl halides is 1. The van der Waals surface area contributed by atoms with Crippen molar-refractivity contribution in [3.8, 4) is 11.5 Å². The Bertz CT molecular complexity index is 980. The van der Waals surface area contributed by atoms with Crippen LogP contribution < -0.4 is 9.47 Å². The third kappa shape index (κ3) is 6.60. The third-order valence-electron chi connectivity index (χ3n) is 5.26. The van der Waals surface area contributed by atoms with E-state index in [2.05, 4.69) is 47.5 Å². The summed E-state index contributed by atoms with van der Waals surface area (Å²) in [4.78, 5) is 3.97. The van der Waals surface area contributed by atoms with E-state index >= 15 is 0 Å². The quantitative estimate of drug-likeness (QED) is 0.267. The van der Waals surface area contributed by atoms with Gasteiger partial charge in [0.2, 0.25) is 0 Å². The first kappa shape index (κ1) is 24.8. The van der Waals surface area contributed by atoms with Gasteiger partial charge in [0.05, 0.1) is 22.3 Å². The maximum atomic E-state index is 10.1. The molecule has 0 amide bonds. The number of aliphatic hydroxyl groups is 2. The van der Waals surface area contributed by atoms with Crippen LogP contribution in [0, 0.1) is 3.57 Å². The molecule has 0 aliphatic rings. The molecular weight excluding hydrogens is 543 g/mol. The summed E-state index contributed by atoms with van der Waals surface area (Å²) in [5.41, 5.74) is 2.07. The second-order valence-electron chi connectivity index (χ2n) is 8.14. The number of nitrogens with zero attached hydrogens (tertiary/aromatic N) is 2. The molecule has 0 unspecified atom stereocenters. The summed E-state index contributed by atoms with van der Waals surface area (Å²) in [6, 6.07) is 14.0. The standard InChI is InChI=1S/C24H28ClIN2O4/c1-24(2,18-5-8-23(22(26)11-18)32-14-19(29)12-25)17-3-6-21(7-4-17)31-15-20(30)13-28-10-9-27-16-28/h3-11,16,19-20,29-30H,12-15H2,1-2H3/t19-,20-/m1/s1. The van der Waals surface area contributed by atoms with Gasteiger partial charge in [-0.15, -0.1) is 11.6 Å². The average molecular weight is 571 g/mol. The monoisotopic (exact) mass is 570 g/mol. The zero-order valence-corrected chi connectivity index (χ0v) is 21.0. The highest BCUT2D eigenvalue weighted by Crippen LogP contribution is 2.35. The Morgan fingerprint density at radius 2 is 1.72 bits per heavy atom. The van der Waals surface area contributed by atoms with Crippen molar-refractivity contribution in [1.82, 2.24) is 9.55 Å². The molecule has 0 aliphatic heterocycles.